The fourth-order valence-corrected chi connectivity index (χ4v) is 1.63. The third kappa shape index (κ3) is 3.92. The van der Waals surface area contributed by atoms with Crippen molar-refractivity contribution in [2.45, 2.75) is 12.8 Å². The summed E-state index contributed by atoms with van der Waals surface area (Å²) in [5.41, 5.74) is 0. The lowest BCUT2D eigenvalue weighted by Crippen LogP contribution is -2.39. The number of carboxylic acids is 1. The molecule has 0 aromatic rings. The second-order valence-corrected chi connectivity index (χ2v) is 3.96. The molecule has 0 bridgehead atoms. The fourth-order valence-electron chi connectivity index (χ4n) is 1.63. The van der Waals surface area contributed by atoms with Crippen molar-refractivity contribution >= 4 is 11.9 Å². The zero-order chi connectivity index (χ0) is 13.0. The summed E-state index contributed by atoms with van der Waals surface area (Å²) in [6, 6.07) is 0. The zero-order valence-corrected chi connectivity index (χ0v) is 9.44. The van der Waals surface area contributed by atoms with Crippen molar-refractivity contribution < 1.29 is 28.2 Å². The Morgan fingerprint density at radius 2 is 2.12 bits per heavy atom. The van der Waals surface area contributed by atoms with Crippen molar-refractivity contribution in [3.05, 3.63) is 0 Å². The van der Waals surface area contributed by atoms with Crippen molar-refractivity contribution in [2.24, 2.45) is 11.8 Å². The second-order valence-electron chi connectivity index (χ2n) is 3.96. The number of rotatable bonds is 7. The largest absolute Gasteiger partial charge is 0.481 e. The van der Waals surface area contributed by atoms with Crippen LogP contribution in [0.4, 0.5) is 8.78 Å². The number of aliphatic carboxylic acids is 1. The maximum Gasteiger partial charge on any atom is 0.307 e. The van der Waals surface area contributed by atoms with E-state index in [1.54, 1.807) is 0 Å². The molecule has 2 atom stereocenters. The number of hydrogen-bond acceptors (Lipinski definition) is 3. The summed E-state index contributed by atoms with van der Waals surface area (Å²) in [7, 11) is 1.40. The SMILES string of the molecule is COCCN(CC(F)F)C(=O)C1CC1C(=O)O. The molecule has 98 valence electrons. The van der Waals surface area contributed by atoms with Gasteiger partial charge in [-0.05, 0) is 6.42 Å². The van der Waals surface area contributed by atoms with E-state index in [2.05, 4.69) is 0 Å². The maximum atomic E-state index is 12.3. The molecular formula is C10H15F2NO4. The summed E-state index contributed by atoms with van der Waals surface area (Å²) in [5.74, 6) is -2.94. The first-order valence-electron chi connectivity index (χ1n) is 5.26. The molecule has 0 spiro atoms. The van der Waals surface area contributed by atoms with Gasteiger partial charge in [-0.15, -0.1) is 0 Å². The van der Waals surface area contributed by atoms with Gasteiger partial charge in [0.2, 0.25) is 5.91 Å². The lowest BCUT2D eigenvalue weighted by molar-refractivity contribution is -0.142. The van der Waals surface area contributed by atoms with E-state index in [0.717, 1.165) is 4.90 Å². The highest BCUT2D eigenvalue weighted by Crippen LogP contribution is 2.40. The van der Waals surface area contributed by atoms with Gasteiger partial charge in [-0.2, -0.15) is 0 Å². The van der Waals surface area contributed by atoms with E-state index in [-0.39, 0.29) is 19.6 Å². The van der Waals surface area contributed by atoms with Crippen molar-refractivity contribution in [2.75, 3.05) is 26.8 Å². The molecule has 7 heteroatoms. The second kappa shape index (κ2) is 5.90. The third-order valence-electron chi connectivity index (χ3n) is 2.66. The molecule has 1 aliphatic rings. The standard InChI is InChI=1S/C10H15F2NO4/c1-17-3-2-13(5-8(11)12)9(14)6-4-7(6)10(15)16/h6-8H,2-5H2,1H3,(H,15,16). The molecule has 1 amide bonds. The first kappa shape index (κ1) is 13.8. The van der Waals surface area contributed by atoms with Crippen LogP contribution >= 0.6 is 0 Å². The van der Waals surface area contributed by atoms with E-state index < -0.39 is 36.7 Å². The normalized spacial score (nSPS) is 22.6. The predicted octanol–water partition coefficient (Wildman–Crippen LogP) is 0.447. The van der Waals surface area contributed by atoms with Crippen LogP contribution in [0.15, 0.2) is 0 Å². The number of nitrogens with zero attached hydrogens (tertiary/aromatic N) is 1. The average Bonchev–Trinajstić information content (AvgIpc) is 3.02. The number of alkyl halides is 2. The molecule has 0 radical (unpaired) electrons. The van der Waals surface area contributed by atoms with Crippen LogP contribution in [0, 0.1) is 11.8 Å². The highest BCUT2D eigenvalue weighted by Gasteiger charge is 2.49. The molecule has 1 N–H and O–H groups in total. The van der Waals surface area contributed by atoms with E-state index in [1.807, 2.05) is 0 Å². The van der Waals surface area contributed by atoms with Crippen LogP contribution in [-0.4, -0.2) is 55.1 Å². The zero-order valence-electron chi connectivity index (χ0n) is 9.44. The highest BCUT2D eigenvalue weighted by molar-refractivity contribution is 5.89. The molecule has 1 fully saturated rings. The Morgan fingerprint density at radius 1 is 1.47 bits per heavy atom. The van der Waals surface area contributed by atoms with Crippen LogP contribution < -0.4 is 0 Å². The number of hydrogen-bond donors (Lipinski definition) is 1. The molecule has 0 saturated heterocycles. The Balaban J connectivity index is 2.51. The van der Waals surface area contributed by atoms with E-state index >= 15 is 0 Å². The summed E-state index contributed by atoms with van der Waals surface area (Å²) < 4.78 is 29.2. The summed E-state index contributed by atoms with van der Waals surface area (Å²) in [4.78, 5) is 23.3. The minimum Gasteiger partial charge on any atom is -0.481 e. The molecule has 0 heterocycles. The minimum absolute atomic E-state index is 0.0580. The maximum absolute atomic E-state index is 12.3. The Kier molecular flexibility index (Phi) is 4.80. The average molecular weight is 251 g/mol. The molecule has 17 heavy (non-hydrogen) atoms. The Morgan fingerprint density at radius 3 is 2.53 bits per heavy atom. The Hall–Kier alpha value is -1.24. The number of carbonyl (C=O) groups is 2. The van der Waals surface area contributed by atoms with E-state index in [9.17, 15) is 18.4 Å². The summed E-state index contributed by atoms with van der Waals surface area (Å²) in [6.07, 6.45) is -2.39. The lowest BCUT2D eigenvalue weighted by atomic mass is 10.2. The predicted molar refractivity (Wildman–Crippen MR) is 53.7 cm³/mol. The number of carbonyl (C=O) groups excluding carboxylic acids is 1. The number of carboxylic acid groups (broad SMARTS) is 1. The van der Waals surface area contributed by atoms with Gasteiger partial charge in [0.15, 0.2) is 0 Å². The van der Waals surface area contributed by atoms with Gasteiger partial charge in [0, 0.05) is 13.7 Å². The molecule has 0 aromatic heterocycles. The van der Waals surface area contributed by atoms with Gasteiger partial charge in [-0.3, -0.25) is 9.59 Å². The van der Waals surface area contributed by atoms with Crippen LogP contribution in [-0.2, 0) is 14.3 Å². The van der Waals surface area contributed by atoms with Gasteiger partial charge in [0.05, 0.1) is 25.0 Å². The van der Waals surface area contributed by atoms with Gasteiger partial charge >= 0.3 is 5.97 Å². The number of methoxy groups -OCH3 is 1. The van der Waals surface area contributed by atoms with Crippen molar-refractivity contribution in [1.82, 2.24) is 4.90 Å². The molecule has 1 rings (SSSR count). The number of amides is 1. The van der Waals surface area contributed by atoms with Crippen LogP contribution in [0.2, 0.25) is 0 Å². The highest BCUT2D eigenvalue weighted by atomic mass is 19.3. The first-order valence-corrected chi connectivity index (χ1v) is 5.26. The molecule has 0 aliphatic heterocycles. The van der Waals surface area contributed by atoms with Gasteiger partial charge in [0.1, 0.15) is 0 Å². The molecule has 5 nitrogen and oxygen atoms in total. The molecule has 0 aromatic carbocycles. The lowest BCUT2D eigenvalue weighted by Gasteiger charge is -2.21. The number of ether oxygens (including phenoxy) is 1. The quantitative estimate of drug-likeness (QED) is 0.713. The van der Waals surface area contributed by atoms with Crippen LogP contribution in [0.5, 0.6) is 0 Å². The smallest absolute Gasteiger partial charge is 0.307 e. The van der Waals surface area contributed by atoms with Crippen molar-refractivity contribution in [3.63, 3.8) is 0 Å². The Bertz CT molecular complexity index is 298. The van der Waals surface area contributed by atoms with E-state index in [0.29, 0.717) is 0 Å². The van der Waals surface area contributed by atoms with E-state index in [4.69, 9.17) is 9.84 Å². The Labute approximate surface area is 97.3 Å². The van der Waals surface area contributed by atoms with Crippen LogP contribution in [0.3, 0.4) is 0 Å². The summed E-state index contributed by atoms with van der Waals surface area (Å²) in [5, 5.41) is 8.67. The monoisotopic (exact) mass is 251 g/mol. The van der Waals surface area contributed by atoms with E-state index in [1.165, 1.54) is 7.11 Å². The fraction of sp³-hybridized carbons (Fsp3) is 0.800. The molecule has 1 aliphatic carbocycles. The third-order valence-corrected chi connectivity index (χ3v) is 2.66. The van der Waals surface area contributed by atoms with Crippen molar-refractivity contribution in [3.8, 4) is 0 Å². The molecule has 2 unspecified atom stereocenters. The summed E-state index contributed by atoms with van der Waals surface area (Å²) >= 11 is 0. The number of halogens is 2. The molecular weight excluding hydrogens is 236 g/mol. The van der Waals surface area contributed by atoms with Gasteiger partial charge in [-0.25, -0.2) is 8.78 Å². The van der Waals surface area contributed by atoms with Gasteiger partial charge in [0.25, 0.3) is 6.43 Å². The summed E-state index contributed by atoms with van der Waals surface area (Å²) in [6.45, 7) is -0.462. The topological polar surface area (TPSA) is 66.8 Å². The van der Waals surface area contributed by atoms with Crippen LogP contribution in [0.1, 0.15) is 6.42 Å². The molecule has 1 saturated carbocycles. The van der Waals surface area contributed by atoms with Gasteiger partial charge in [-0.1, -0.05) is 0 Å². The first-order chi connectivity index (χ1) is 7.97. The van der Waals surface area contributed by atoms with Crippen molar-refractivity contribution in [1.29, 1.82) is 0 Å². The van der Waals surface area contributed by atoms with Gasteiger partial charge < -0.3 is 14.7 Å². The van der Waals surface area contributed by atoms with Crippen LogP contribution in [0.25, 0.3) is 0 Å². The minimum atomic E-state index is -2.63.